The van der Waals surface area contributed by atoms with E-state index in [0.29, 0.717) is 22.1 Å². The number of amides is 1. The van der Waals surface area contributed by atoms with Crippen molar-refractivity contribution in [3.63, 3.8) is 0 Å². The summed E-state index contributed by atoms with van der Waals surface area (Å²) in [6.07, 6.45) is 4.96. The van der Waals surface area contributed by atoms with Crippen molar-refractivity contribution in [3.05, 3.63) is 107 Å². The molecule has 2 aromatic carbocycles. The summed E-state index contributed by atoms with van der Waals surface area (Å²) in [6, 6.07) is 18.2. The number of nitrogens with one attached hydrogen (secondary N) is 1. The highest BCUT2D eigenvalue weighted by atomic mass is 19.1. The molecule has 2 N–H and O–H groups in total. The van der Waals surface area contributed by atoms with Crippen molar-refractivity contribution in [2.45, 2.75) is 25.3 Å². The Morgan fingerprint density at radius 1 is 1.00 bits per heavy atom. The first-order valence-corrected chi connectivity index (χ1v) is 12.1. The third-order valence-corrected chi connectivity index (χ3v) is 6.94. The van der Waals surface area contributed by atoms with Crippen LogP contribution in [0.4, 0.5) is 4.39 Å². The Morgan fingerprint density at radius 2 is 1.79 bits per heavy atom. The van der Waals surface area contributed by atoms with Gasteiger partial charge in [-0.3, -0.25) is 9.78 Å². The topological polar surface area (TPSA) is 105 Å². The van der Waals surface area contributed by atoms with Gasteiger partial charge in [0, 0.05) is 29.1 Å². The molecule has 8 heteroatoms. The summed E-state index contributed by atoms with van der Waals surface area (Å²) in [5.41, 5.74) is 3.68. The van der Waals surface area contributed by atoms with Gasteiger partial charge in [0.15, 0.2) is 5.76 Å². The van der Waals surface area contributed by atoms with Crippen LogP contribution in [-0.4, -0.2) is 27.0 Å². The van der Waals surface area contributed by atoms with E-state index in [1.807, 2.05) is 31.2 Å². The lowest BCUT2D eigenvalue weighted by atomic mass is 9.97. The molecular weight excluding hydrogens is 485 g/mol. The number of fused-ring (bicyclic) bond motifs is 1. The number of halogens is 1. The molecule has 3 aromatic heterocycles. The number of benzene rings is 2. The van der Waals surface area contributed by atoms with E-state index in [1.165, 1.54) is 24.3 Å². The van der Waals surface area contributed by atoms with Crippen molar-refractivity contribution in [3.8, 4) is 22.5 Å². The van der Waals surface area contributed by atoms with E-state index >= 15 is 0 Å². The molecule has 1 aliphatic rings. The van der Waals surface area contributed by atoms with Crippen LogP contribution in [-0.2, 0) is 5.54 Å². The molecule has 5 aromatic rings. The van der Waals surface area contributed by atoms with Crippen molar-refractivity contribution in [2.24, 2.45) is 0 Å². The fourth-order valence-corrected chi connectivity index (χ4v) is 4.73. The predicted molar refractivity (Wildman–Crippen MR) is 139 cm³/mol. The summed E-state index contributed by atoms with van der Waals surface area (Å²) in [7, 11) is 0. The standard InChI is InChI=1S/C30H22FN3O4/c1-17-5-6-19(27(35)34-30(11-12-30)24-4-2-3-13-32-24)14-22(17)20-15-23-25(29(36)37)26(38-28(23)33-16-20)18-7-9-21(31)10-8-18/h2-10,13-16H,11-12H2,1H3,(H,34,35)(H,36,37). The number of hydrogen-bond acceptors (Lipinski definition) is 5. The van der Waals surface area contributed by atoms with Crippen LogP contribution in [0, 0.1) is 12.7 Å². The van der Waals surface area contributed by atoms with Crippen molar-refractivity contribution >= 4 is 23.0 Å². The Hall–Kier alpha value is -4.85. The van der Waals surface area contributed by atoms with Gasteiger partial charge < -0.3 is 14.8 Å². The first-order chi connectivity index (χ1) is 18.3. The molecule has 3 heterocycles. The first-order valence-electron chi connectivity index (χ1n) is 12.1. The maximum atomic E-state index is 13.4. The zero-order chi connectivity index (χ0) is 26.4. The van der Waals surface area contributed by atoms with E-state index in [9.17, 15) is 19.1 Å². The molecule has 0 radical (unpaired) electrons. The maximum absolute atomic E-state index is 13.4. The van der Waals surface area contributed by atoms with E-state index < -0.39 is 17.3 Å². The smallest absolute Gasteiger partial charge is 0.340 e. The van der Waals surface area contributed by atoms with E-state index in [1.54, 1.807) is 30.6 Å². The number of aromatic carboxylic acids is 1. The van der Waals surface area contributed by atoms with E-state index in [4.69, 9.17) is 4.42 Å². The van der Waals surface area contributed by atoms with Gasteiger partial charge in [-0.05, 0) is 85.5 Å². The highest BCUT2D eigenvalue weighted by molar-refractivity contribution is 6.08. The molecule has 7 nitrogen and oxygen atoms in total. The van der Waals surface area contributed by atoms with Crippen LogP contribution in [0.2, 0.25) is 0 Å². The largest absolute Gasteiger partial charge is 0.478 e. The minimum Gasteiger partial charge on any atom is -0.478 e. The second kappa shape index (κ2) is 8.92. The van der Waals surface area contributed by atoms with Crippen molar-refractivity contribution < 1.29 is 23.5 Å². The van der Waals surface area contributed by atoms with E-state index in [2.05, 4.69) is 15.3 Å². The molecule has 1 amide bonds. The second-order valence-electron chi connectivity index (χ2n) is 9.48. The van der Waals surface area contributed by atoms with Crippen LogP contribution < -0.4 is 5.32 Å². The van der Waals surface area contributed by atoms with Crippen LogP contribution in [0.3, 0.4) is 0 Å². The van der Waals surface area contributed by atoms with Gasteiger partial charge in [-0.1, -0.05) is 12.1 Å². The lowest BCUT2D eigenvalue weighted by Gasteiger charge is -2.17. The molecule has 38 heavy (non-hydrogen) atoms. The molecule has 0 unspecified atom stereocenters. The highest BCUT2D eigenvalue weighted by Gasteiger charge is 2.47. The highest BCUT2D eigenvalue weighted by Crippen LogP contribution is 2.44. The minimum atomic E-state index is -1.18. The Bertz CT molecular complexity index is 1710. The number of hydrogen-bond donors (Lipinski definition) is 2. The fourth-order valence-electron chi connectivity index (χ4n) is 4.73. The van der Waals surface area contributed by atoms with Crippen LogP contribution in [0.5, 0.6) is 0 Å². The zero-order valence-electron chi connectivity index (χ0n) is 20.4. The van der Waals surface area contributed by atoms with Crippen LogP contribution >= 0.6 is 0 Å². The first kappa shape index (κ1) is 23.5. The number of rotatable bonds is 6. The van der Waals surface area contributed by atoms with Gasteiger partial charge in [0.1, 0.15) is 11.4 Å². The summed E-state index contributed by atoms with van der Waals surface area (Å²) in [5, 5.41) is 13.4. The maximum Gasteiger partial charge on any atom is 0.340 e. The third-order valence-electron chi connectivity index (χ3n) is 6.94. The third kappa shape index (κ3) is 4.10. The molecule has 188 valence electrons. The summed E-state index contributed by atoms with van der Waals surface area (Å²) in [6.45, 7) is 1.91. The number of carbonyl (C=O) groups is 2. The van der Waals surface area contributed by atoms with Crippen LogP contribution in [0.1, 0.15) is 44.8 Å². The minimum absolute atomic E-state index is 0.0569. The summed E-state index contributed by atoms with van der Waals surface area (Å²) in [4.78, 5) is 34.3. The number of aryl methyl sites for hydroxylation is 1. The number of furan rings is 1. The molecule has 1 saturated carbocycles. The Balaban J connectivity index is 1.38. The van der Waals surface area contributed by atoms with Crippen molar-refractivity contribution in [1.29, 1.82) is 0 Å². The summed E-state index contributed by atoms with van der Waals surface area (Å²) < 4.78 is 19.2. The molecule has 0 aliphatic heterocycles. The van der Waals surface area contributed by atoms with Crippen molar-refractivity contribution in [1.82, 2.24) is 15.3 Å². The Labute approximate surface area is 217 Å². The number of pyridine rings is 2. The lowest BCUT2D eigenvalue weighted by Crippen LogP contribution is -2.35. The molecular formula is C30H22FN3O4. The second-order valence-corrected chi connectivity index (χ2v) is 9.48. The van der Waals surface area contributed by atoms with E-state index in [-0.39, 0.29) is 22.9 Å². The van der Waals surface area contributed by atoms with Gasteiger partial charge in [0.05, 0.1) is 16.6 Å². The molecule has 0 bridgehead atoms. The number of carbonyl (C=O) groups excluding carboxylic acids is 1. The quantitative estimate of drug-likeness (QED) is 0.287. The Kier molecular flexibility index (Phi) is 5.52. The summed E-state index contributed by atoms with van der Waals surface area (Å²) >= 11 is 0. The molecule has 1 aliphatic carbocycles. The predicted octanol–water partition coefficient (Wildman–Crippen LogP) is 6.12. The molecule has 0 atom stereocenters. The van der Waals surface area contributed by atoms with Gasteiger partial charge in [0.25, 0.3) is 5.91 Å². The van der Waals surface area contributed by atoms with Gasteiger partial charge in [0.2, 0.25) is 5.71 Å². The lowest BCUT2D eigenvalue weighted by molar-refractivity contribution is 0.0698. The number of carboxylic acid groups (broad SMARTS) is 1. The normalized spacial score (nSPS) is 13.8. The Morgan fingerprint density at radius 3 is 2.47 bits per heavy atom. The monoisotopic (exact) mass is 507 g/mol. The van der Waals surface area contributed by atoms with Gasteiger partial charge in [-0.25, -0.2) is 14.2 Å². The molecule has 0 spiro atoms. The number of nitrogens with zero attached hydrogens (tertiary/aromatic N) is 2. The molecule has 0 saturated heterocycles. The number of carboxylic acids is 1. The fraction of sp³-hybridized carbons (Fsp3) is 0.133. The average molecular weight is 508 g/mol. The van der Waals surface area contributed by atoms with Crippen LogP contribution in [0.25, 0.3) is 33.6 Å². The van der Waals surface area contributed by atoms with Crippen LogP contribution in [0.15, 0.2) is 83.5 Å². The molecule has 1 fully saturated rings. The van der Waals surface area contributed by atoms with Gasteiger partial charge >= 0.3 is 5.97 Å². The van der Waals surface area contributed by atoms with Gasteiger partial charge in [-0.15, -0.1) is 0 Å². The van der Waals surface area contributed by atoms with E-state index in [0.717, 1.165) is 29.7 Å². The average Bonchev–Trinajstić information content (AvgIpc) is 3.60. The van der Waals surface area contributed by atoms with Gasteiger partial charge in [-0.2, -0.15) is 0 Å². The number of aromatic nitrogens is 2. The van der Waals surface area contributed by atoms with Crippen molar-refractivity contribution in [2.75, 3.05) is 0 Å². The summed E-state index contributed by atoms with van der Waals surface area (Å²) in [5.74, 6) is -1.73. The molecule has 6 rings (SSSR count). The SMILES string of the molecule is Cc1ccc(C(=O)NC2(c3ccccn3)CC2)cc1-c1cnc2oc(-c3ccc(F)cc3)c(C(=O)O)c2c1. The zero-order valence-corrected chi connectivity index (χ0v) is 20.4.